The van der Waals surface area contributed by atoms with Gasteiger partial charge in [-0.1, -0.05) is 24.3 Å². The van der Waals surface area contributed by atoms with E-state index in [1.807, 2.05) is 69.3 Å². The molecule has 1 aliphatic heterocycles. The molecule has 5 nitrogen and oxygen atoms in total. The van der Waals surface area contributed by atoms with Crippen molar-refractivity contribution in [1.29, 1.82) is 0 Å². The van der Waals surface area contributed by atoms with Gasteiger partial charge in [0.25, 0.3) is 0 Å². The topological polar surface area (TPSA) is 50.8 Å². The molecule has 1 N–H and O–H groups in total. The number of nitrogens with one attached hydrogen (secondary N) is 1. The number of ether oxygens (including phenoxy) is 2. The summed E-state index contributed by atoms with van der Waals surface area (Å²) >= 11 is 0. The second-order valence-electron chi connectivity index (χ2n) is 7.08. The summed E-state index contributed by atoms with van der Waals surface area (Å²) in [4.78, 5) is 14.4. The first kappa shape index (κ1) is 17.1. The Labute approximate surface area is 148 Å². The first-order valence-electron chi connectivity index (χ1n) is 8.37. The van der Waals surface area contributed by atoms with Crippen LogP contribution in [0.5, 0.6) is 5.75 Å². The zero-order valence-electron chi connectivity index (χ0n) is 15.1. The molecule has 3 rings (SSSR count). The second-order valence-corrected chi connectivity index (χ2v) is 7.08. The van der Waals surface area contributed by atoms with Crippen molar-refractivity contribution in [3.05, 3.63) is 54.1 Å². The molecule has 25 heavy (non-hydrogen) atoms. The molecule has 5 heteroatoms. The van der Waals surface area contributed by atoms with E-state index in [9.17, 15) is 4.79 Å². The van der Waals surface area contributed by atoms with Crippen LogP contribution < -0.4 is 15.0 Å². The van der Waals surface area contributed by atoms with Crippen molar-refractivity contribution in [3.8, 4) is 5.75 Å². The fraction of sp³-hybridized carbons (Fsp3) is 0.350. The number of amides is 1. The van der Waals surface area contributed by atoms with Gasteiger partial charge in [-0.05, 0) is 50.6 Å². The monoisotopic (exact) mass is 340 g/mol. The van der Waals surface area contributed by atoms with E-state index in [2.05, 4.69) is 5.32 Å². The number of carbonyl (C=O) groups is 1. The van der Waals surface area contributed by atoms with Crippen molar-refractivity contribution < 1.29 is 14.3 Å². The van der Waals surface area contributed by atoms with E-state index < -0.39 is 5.60 Å². The number of benzene rings is 2. The number of carbonyl (C=O) groups excluding carboxylic acids is 1. The molecule has 1 heterocycles. The maximum atomic E-state index is 12.7. The van der Waals surface area contributed by atoms with Crippen LogP contribution in [0.3, 0.4) is 0 Å². The van der Waals surface area contributed by atoms with Crippen LogP contribution in [0.4, 0.5) is 16.2 Å². The van der Waals surface area contributed by atoms with Crippen LogP contribution in [0.25, 0.3) is 0 Å². The Morgan fingerprint density at radius 2 is 1.92 bits per heavy atom. The van der Waals surface area contributed by atoms with Crippen molar-refractivity contribution in [1.82, 2.24) is 0 Å². The SMILES string of the molecule is COc1cccc([C@H]2CN(C(=O)OC(C)(C)C)c3ccccc3N2)c1. The molecule has 0 saturated heterocycles. The first-order valence-corrected chi connectivity index (χ1v) is 8.37. The lowest BCUT2D eigenvalue weighted by molar-refractivity contribution is 0.0577. The number of hydrogen-bond acceptors (Lipinski definition) is 4. The number of para-hydroxylation sites is 2. The zero-order chi connectivity index (χ0) is 18.0. The van der Waals surface area contributed by atoms with Crippen molar-refractivity contribution in [2.24, 2.45) is 0 Å². The van der Waals surface area contributed by atoms with Crippen LogP contribution in [-0.4, -0.2) is 25.3 Å². The molecule has 0 spiro atoms. The minimum atomic E-state index is -0.539. The Morgan fingerprint density at radius 1 is 1.16 bits per heavy atom. The van der Waals surface area contributed by atoms with Gasteiger partial charge in [-0.3, -0.25) is 4.90 Å². The average molecular weight is 340 g/mol. The molecule has 0 saturated carbocycles. The Bertz CT molecular complexity index is 768. The summed E-state index contributed by atoms with van der Waals surface area (Å²) in [5.74, 6) is 0.793. The standard InChI is InChI=1S/C20H24N2O3/c1-20(2,3)25-19(23)22-13-17(14-8-7-9-15(12-14)24-4)21-16-10-5-6-11-18(16)22/h5-12,17,21H,13H2,1-4H3/t17-/m1/s1. The molecule has 0 unspecified atom stereocenters. The van der Waals surface area contributed by atoms with Crippen molar-refractivity contribution in [2.75, 3.05) is 23.9 Å². The van der Waals surface area contributed by atoms with E-state index >= 15 is 0 Å². The first-order chi connectivity index (χ1) is 11.9. The third kappa shape index (κ3) is 3.87. The third-order valence-electron chi connectivity index (χ3n) is 4.00. The lowest BCUT2D eigenvalue weighted by atomic mass is 10.0. The number of rotatable bonds is 2. The van der Waals surface area contributed by atoms with Crippen LogP contribution in [0.1, 0.15) is 32.4 Å². The third-order valence-corrected chi connectivity index (χ3v) is 4.00. The van der Waals surface area contributed by atoms with Gasteiger partial charge in [-0.25, -0.2) is 4.79 Å². The second kappa shape index (κ2) is 6.67. The molecule has 0 radical (unpaired) electrons. The Kier molecular flexibility index (Phi) is 4.57. The van der Waals surface area contributed by atoms with E-state index in [0.717, 1.165) is 22.7 Å². The Morgan fingerprint density at radius 3 is 2.64 bits per heavy atom. The summed E-state index contributed by atoms with van der Waals surface area (Å²) in [5, 5.41) is 3.51. The molecule has 0 bridgehead atoms. The highest BCUT2D eigenvalue weighted by atomic mass is 16.6. The maximum Gasteiger partial charge on any atom is 0.414 e. The van der Waals surface area contributed by atoms with Gasteiger partial charge in [0.05, 0.1) is 31.1 Å². The molecule has 1 atom stereocenters. The predicted molar refractivity (Wildman–Crippen MR) is 99.4 cm³/mol. The van der Waals surface area contributed by atoms with Gasteiger partial charge in [-0.2, -0.15) is 0 Å². The highest BCUT2D eigenvalue weighted by Gasteiger charge is 2.31. The number of nitrogens with zero attached hydrogens (tertiary/aromatic N) is 1. The summed E-state index contributed by atoms with van der Waals surface area (Å²) < 4.78 is 10.9. The van der Waals surface area contributed by atoms with Gasteiger partial charge in [0, 0.05) is 0 Å². The molecular formula is C20H24N2O3. The zero-order valence-corrected chi connectivity index (χ0v) is 15.1. The largest absolute Gasteiger partial charge is 0.497 e. The summed E-state index contributed by atoms with van der Waals surface area (Å²) in [6.45, 7) is 6.11. The normalized spacial score (nSPS) is 16.6. The highest BCUT2D eigenvalue weighted by Crippen LogP contribution is 2.36. The van der Waals surface area contributed by atoms with Gasteiger partial charge < -0.3 is 14.8 Å². The fourth-order valence-electron chi connectivity index (χ4n) is 2.88. The van der Waals surface area contributed by atoms with Gasteiger partial charge in [0.2, 0.25) is 0 Å². The van der Waals surface area contributed by atoms with E-state index in [-0.39, 0.29) is 12.1 Å². The lowest BCUT2D eigenvalue weighted by Crippen LogP contribution is -2.43. The summed E-state index contributed by atoms with van der Waals surface area (Å²) in [7, 11) is 1.65. The van der Waals surface area contributed by atoms with Crippen LogP contribution >= 0.6 is 0 Å². The van der Waals surface area contributed by atoms with Gasteiger partial charge in [0.1, 0.15) is 11.4 Å². The van der Waals surface area contributed by atoms with E-state index in [1.165, 1.54) is 0 Å². The number of hydrogen-bond donors (Lipinski definition) is 1. The van der Waals surface area contributed by atoms with E-state index in [1.54, 1.807) is 12.0 Å². The number of fused-ring (bicyclic) bond motifs is 1. The van der Waals surface area contributed by atoms with Gasteiger partial charge in [-0.15, -0.1) is 0 Å². The average Bonchev–Trinajstić information content (AvgIpc) is 2.59. The summed E-state index contributed by atoms with van der Waals surface area (Å²) in [6, 6.07) is 15.6. The van der Waals surface area contributed by atoms with E-state index in [0.29, 0.717) is 6.54 Å². The van der Waals surface area contributed by atoms with Crippen LogP contribution in [-0.2, 0) is 4.74 Å². The summed E-state index contributed by atoms with van der Waals surface area (Å²) in [6.07, 6.45) is -0.339. The fourth-order valence-corrected chi connectivity index (χ4v) is 2.88. The molecular weight excluding hydrogens is 316 g/mol. The molecule has 2 aromatic carbocycles. The number of anilines is 2. The van der Waals surface area contributed by atoms with Crippen molar-refractivity contribution in [3.63, 3.8) is 0 Å². The maximum absolute atomic E-state index is 12.7. The van der Waals surface area contributed by atoms with Crippen molar-refractivity contribution in [2.45, 2.75) is 32.4 Å². The quantitative estimate of drug-likeness (QED) is 0.868. The minimum absolute atomic E-state index is 0.0440. The van der Waals surface area contributed by atoms with Crippen LogP contribution in [0, 0.1) is 0 Å². The van der Waals surface area contributed by atoms with Gasteiger partial charge >= 0.3 is 6.09 Å². The Balaban J connectivity index is 1.93. The molecule has 0 aliphatic carbocycles. The minimum Gasteiger partial charge on any atom is -0.497 e. The van der Waals surface area contributed by atoms with Gasteiger partial charge in [0.15, 0.2) is 0 Å². The molecule has 1 amide bonds. The lowest BCUT2D eigenvalue weighted by Gasteiger charge is -2.36. The Hall–Kier alpha value is -2.69. The van der Waals surface area contributed by atoms with Crippen molar-refractivity contribution >= 4 is 17.5 Å². The molecule has 0 fully saturated rings. The highest BCUT2D eigenvalue weighted by molar-refractivity contribution is 5.93. The number of methoxy groups -OCH3 is 1. The van der Waals surface area contributed by atoms with Crippen LogP contribution in [0.2, 0.25) is 0 Å². The smallest absolute Gasteiger partial charge is 0.414 e. The van der Waals surface area contributed by atoms with Crippen LogP contribution in [0.15, 0.2) is 48.5 Å². The predicted octanol–water partition coefficient (Wildman–Crippen LogP) is 4.60. The molecule has 1 aliphatic rings. The molecule has 0 aromatic heterocycles. The molecule has 2 aromatic rings. The summed E-state index contributed by atoms with van der Waals surface area (Å²) in [5.41, 5.74) is 2.26. The molecule has 132 valence electrons. The van der Waals surface area contributed by atoms with E-state index in [4.69, 9.17) is 9.47 Å².